The van der Waals surface area contributed by atoms with Gasteiger partial charge in [-0.2, -0.15) is 0 Å². The van der Waals surface area contributed by atoms with E-state index in [1.807, 2.05) is 5.38 Å². The molecule has 0 aliphatic heterocycles. The monoisotopic (exact) mass is 181 g/mol. The zero-order chi connectivity index (χ0) is 8.39. The van der Waals surface area contributed by atoms with Crippen LogP contribution in [0.2, 0.25) is 0 Å². The number of rotatable bonds is 2. The molecule has 2 rings (SSSR count). The van der Waals surface area contributed by atoms with E-state index in [1.165, 1.54) is 11.3 Å². The number of aliphatic hydroxyl groups excluding tert-OH is 1. The van der Waals surface area contributed by atoms with Crippen LogP contribution in [0, 0.1) is 0 Å². The van der Waals surface area contributed by atoms with Crippen LogP contribution in [-0.2, 0) is 6.61 Å². The summed E-state index contributed by atoms with van der Waals surface area (Å²) in [6.45, 7) is -0.0167. The van der Waals surface area contributed by atoms with Gasteiger partial charge in [0.2, 0.25) is 0 Å². The van der Waals surface area contributed by atoms with Crippen LogP contribution in [0.4, 0.5) is 0 Å². The number of hydrogen-bond donors (Lipinski definition) is 2. The summed E-state index contributed by atoms with van der Waals surface area (Å²) in [5.41, 5.74) is 0.686. The van der Waals surface area contributed by atoms with E-state index in [4.69, 9.17) is 5.11 Å². The Bertz CT molecular complexity index is 354. The first-order chi connectivity index (χ1) is 5.90. The Balaban J connectivity index is 2.35. The van der Waals surface area contributed by atoms with E-state index in [2.05, 4.69) is 15.0 Å². The second kappa shape index (κ2) is 3.04. The van der Waals surface area contributed by atoms with Gasteiger partial charge in [0.25, 0.3) is 0 Å². The molecule has 0 amide bonds. The van der Waals surface area contributed by atoms with E-state index >= 15 is 0 Å². The molecule has 0 aliphatic rings. The summed E-state index contributed by atoms with van der Waals surface area (Å²) in [6.07, 6.45) is 3.42. The van der Waals surface area contributed by atoms with Crippen molar-refractivity contribution in [3.63, 3.8) is 0 Å². The third-order valence-corrected chi connectivity index (χ3v) is 2.31. The highest BCUT2D eigenvalue weighted by molar-refractivity contribution is 7.13. The number of imidazole rings is 1. The first-order valence-electron chi connectivity index (χ1n) is 3.45. The number of aromatic amines is 1. The van der Waals surface area contributed by atoms with Crippen LogP contribution in [0.25, 0.3) is 10.8 Å². The van der Waals surface area contributed by atoms with Gasteiger partial charge in [0.15, 0.2) is 10.8 Å². The van der Waals surface area contributed by atoms with Crippen LogP contribution in [0.5, 0.6) is 0 Å². The number of nitrogens with one attached hydrogen (secondary N) is 1. The Morgan fingerprint density at radius 1 is 1.58 bits per heavy atom. The van der Waals surface area contributed by atoms with E-state index in [0.29, 0.717) is 5.69 Å². The normalized spacial score (nSPS) is 10.4. The summed E-state index contributed by atoms with van der Waals surface area (Å²) in [6, 6.07) is 0. The average molecular weight is 181 g/mol. The van der Waals surface area contributed by atoms with Crippen molar-refractivity contribution in [2.45, 2.75) is 6.61 Å². The fourth-order valence-electron chi connectivity index (χ4n) is 0.871. The van der Waals surface area contributed by atoms with Gasteiger partial charge in [0.05, 0.1) is 12.3 Å². The number of thiazole rings is 1. The maximum absolute atomic E-state index is 8.76. The molecule has 0 unspecified atom stereocenters. The fourth-order valence-corrected chi connectivity index (χ4v) is 1.64. The molecule has 2 N–H and O–H groups in total. The molecule has 0 saturated heterocycles. The van der Waals surface area contributed by atoms with Crippen molar-refractivity contribution in [3.8, 4) is 10.8 Å². The molecule has 4 nitrogen and oxygen atoms in total. The number of H-pyrrole nitrogens is 1. The molecule has 0 spiro atoms. The minimum Gasteiger partial charge on any atom is -0.390 e. The summed E-state index contributed by atoms with van der Waals surface area (Å²) in [5, 5.41) is 11.4. The summed E-state index contributed by atoms with van der Waals surface area (Å²) in [4.78, 5) is 11.1. The standard InChI is InChI=1S/C7H7N3OS/c11-3-5-4-12-7(10-5)6-8-1-2-9-6/h1-2,4,11H,3H2,(H,8,9). The van der Waals surface area contributed by atoms with Crippen molar-refractivity contribution in [1.82, 2.24) is 15.0 Å². The van der Waals surface area contributed by atoms with Crippen molar-refractivity contribution >= 4 is 11.3 Å². The van der Waals surface area contributed by atoms with Crippen LogP contribution < -0.4 is 0 Å². The molecular formula is C7H7N3OS. The summed E-state index contributed by atoms with van der Waals surface area (Å²) < 4.78 is 0. The van der Waals surface area contributed by atoms with Crippen molar-refractivity contribution < 1.29 is 5.11 Å². The molecule has 0 aromatic carbocycles. The first kappa shape index (κ1) is 7.45. The molecular weight excluding hydrogens is 174 g/mol. The lowest BCUT2D eigenvalue weighted by atomic mass is 10.5. The Morgan fingerprint density at radius 2 is 2.50 bits per heavy atom. The molecule has 5 heteroatoms. The summed E-state index contributed by atoms with van der Waals surface area (Å²) >= 11 is 1.47. The Kier molecular flexibility index (Phi) is 1.89. The van der Waals surface area contributed by atoms with E-state index in [-0.39, 0.29) is 6.61 Å². The number of aromatic nitrogens is 3. The number of nitrogens with zero attached hydrogens (tertiary/aromatic N) is 2. The predicted octanol–water partition coefficient (Wildman–Crippen LogP) is 1.03. The molecule has 2 aromatic rings. The van der Waals surface area contributed by atoms with Gasteiger partial charge in [-0.3, -0.25) is 0 Å². The smallest absolute Gasteiger partial charge is 0.166 e. The zero-order valence-electron chi connectivity index (χ0n) is 6.19. The van der Waals surface area contributed by atoms with Crippen LogP contribution in [0.15, 0.2) is 17.8 Å². The molecule has 0 radical (unpaired) electrons. The summed E-state index contributed by atoms with van der Waals surface area (Å²) in [7, 11) is 0. The van der Waals surface area contributed by atoms with Crippen molar-refractivity contribution in [3.05, 3.63) is 23.5 Å². The Hall–Kier alpha value is -1.20. The maximum atomic E-state index is 8.76. The highest BCUT2D eigenvalue weighted by Crippen LogP contribution is 2.19. The van der Waals surface area contributed by atoms with Crippen LogP contribution >= 0.6 is 11.3 Å². The van der Waals surface area contributed by atoms with Gasteiger partial charge in [-0.25, -0.2) is 9.97 Å². The average Bonchev–Trinajstić information content (AvgIpc) is 2.75. The minimum atomic E-state index is -0.0167. The molecule has 2 aromatic heterocycles. The molecule has 62 valence electrons. The van der Waals surface area contributed by atoms with Gasteiger partial charge in [-0.1, -0.05) is 0 Å². The third kappa shape index (κ3) is 1.24. The van der Waals surface area contributed by atoms with Gasteiger partial charge in [-0.15, -0.1) is 11.3 Å². The Labute approximate surface area is 72.9 Å². The van der Waals surface area contributed by atoms with Crippen LogP contribution in [-0.4, -0.2) is 20.1 Å². The van der Waals surface area contributed by atoms with Crippen LogP contribution in [0.3, 0.4) is 0 Å². The SMILES string of the molecule is OCc1csc(-c2ncc[nH]2)n1. The number of hydrogen-bond acceptors (Lipinski definition) is 4. The molecule has 0 saturated carbocycles. The predicted molar refractivity (Wildman–Crippen MR) is 45.6 cm³/mol. The number of aliphatic hydroxyl groups is 1. The molecule has 0 bridgehead atoms. The zero-order valence-corrected chi connectivity index (χ0v) is 7.01. The van der Waals surface area contributed by atoms with E-state index in [9.17, 15) is 0 Å². The minimum absolute atomic E-state index is 0.0167. The highest BCUT2D eigenvalue weighted by atomic mass is 32.1. The van der Waals surface area contributed by atoms with E-state index in [1.54, 1.807) is 12.4 Å². The lowest BCUT2D eigenvalue weighted by Crippen LogP contribution is -1.83. The van der Waals surface area contributed by atoms with Gasteiger partial charge in [0.1, 0.15) is 0 Å². The highest BCUT2D eigenvalue weighted by Gasteiger charge is 2.04. The quantitative estimate of drug-likeness (QED) is 0.727. The second-order valence-electron chi connectivity index (χ2n) is 2.24. The van der Waals surface area contributed by atoms with Crippen molar-refractivity contribution in [1.29, 1.82) is 0 Å². The molecule has 2 heterocycles. The molecule has 12 heavy (non-hydrogen) atoms. The molecule has 0 aliphatic carbocycles. The largest absolute Gasteiger partial charge is 0.390 e. The van der Waals surface area contributed by atoms with E-state index in [0.717, 1.165) is 10.8 Å². The van der Waals surface area contributed by atoms with Gasteiger partial charge in [-0.05, 0) is 0 Å². The maximum Gasteiger partial charge on any atom is 0.166 e. The fraction of sp³-hybridized carbons (Fsp3) is 0.143. The lowest BCUT2D eigenvalue weighted by Gasteiger charge is -1.86. The van der Waals surface area contributed by atoms with Gasteiger partial charge in [0, 0.05) is 17.8 Å². The topological polar surface area (TPSA) is 61.8 Å². The Morgan fingerprint density at radius 3 is 3.08 bits per heavy atom. The summed E-state index contributed by atoms with van der Waals surface area (Å²) in [5.74, 6) is 0.750. The second-order valence-corrected chi connectivity index (χ2v) is 3.10. The van der Waals surface area contributed by atoms with Crippen molar-refractivity contribution in [2.24, 2.45) is 0 Å². The first-order valence-corrected chi connectivity index (χ1v) is 4.33. The van der Waals surface area contributed by atoms with Gasteiger partial charge >= 0.3 is 0 Å². The molecule has 0 atom stereocenters. The van der Waals surface area contributed by atoms with E-state index < -0.39 is 0 Å². The van der Waals surface area contributed by atoms with Crippen molar-refractivity contribution in [2.75, 3.05) is 0 Å². The molecule has 0 fully saturated rings. The lowest BCUT2D eigenvalue weighted by molar-refractivity contribution is 0.278. The third-order valence-electron chi connectivity index (χ3n) is 1.41. The van der Waals surface area contributed by atoms with Crippen LogP contribution in [0.1, 0.15) is 5.69 Å². The van der Waals surface area contributed by atoms with Gasteiger partial charge < -0.3 is 10.1 Å².